The summed E-state index contributed by atoms with van der Waals surface area (Å²) in [4.78, 5) is 27.9. The van der Waals surface area contributed by atoms with Crippen molar-refractivity contribution in [1.82, 2.24) is 4.90 Å². The molecular weight excluding hydrogens is 386 g/mol. The molecular formula is C22H23N3O5. The Kier molecular flexibility index (Phi) is 4.21. The molecule has 2 fully saturated rings. The molecule has 156 valence electrons. The predicted molar refractivity (Wildman–Crippen MR) is 110 cm³/mol. The largest absolute Gasteiger partial charge is 0.497 e. The van der Waals surface area contributed by atoms with Crippen LogP contribution in [-0.4, -0.2) is 48.6 Å². The number of rotatable bonds is 4. The number of methoxy groups -OCH3 is 2. The minimum Gasteiger partial charge on any atom is -0.497 e. The molecule has 5 rings (SSSR count). The molecule has 2 saturated heterocycles. The third-order valence-electron chi connectivity index (χ3n) is 6.89. The zero-order valence-electron chi connectivity index (χ0n) is 16.8. The van der Waals surface area contributed by atoms with Gasteiger partial charge in [-0.25, -0.2) is 0 Å². The lowest BCUT2D eigenvalue weighted by Gasteiger charge is -2.36. The highest BCUT2D eigenvalue weighted by atomic mass is 16.6. The Balaban J connectivity index is 1.83. The molecule has 0 aliphatic carbocycles. The van der Waals surface area contributed by atoms with Gasteiger partial charge in [0, 0.05) is 28.3 Å². The van der Waals surface area contributed by atoms with Crippen LogP contribution in [0.5, 0.6) is 11.5 Å². The third kappa shape index (κ3) is 2.28. The van der Waals surface area contributed by atoms with Crippen LogP contribution < -0.4 is 14.8 Å². The number of benzene rings is 2. The van der Waals surface area contributed by atoms with Gasteiger partial charge in [0.25, 0.3) is 5.91 Å². The van der Waals surface area contributed by atoms with Gasteiger partial charge in [-0.15, -0.1) is 0 Å². The highest BCUT2D eigenvalue weighted by molar-refractivity contribution is 6.07. The second-order valence-corrected chi connectivity index (χ2v) is 8.03. The van der Waals surface area contributed by atoms with Crippen LogP contribution in [0.4, 0.5) is 5.69 Å². The van der Waals surface area contributed by atoms with E-state index in [1.165, 1.54) is 7.11 Å². The first-order chi connectivity index (χ1) is 14.5. The second-order valence-electron chi connectivity index (χ2n) is 8.03. The first-order valence-corrected chi connectivity index (χ1v) is 10.1. The molecule has 0 aromatic heterocycles. The SMILES string of the molecule is COc1ccc(OC)c([C@H]2[C@H]([N+](=O)[O-])[C@@H]3CCCN3[C@@]23C(=O)Nc2ccccc23)c1. The number of nitro groups is 1. The van der Waals surface area contributed by atoms with Crippen molar-refractivity contribution < 1.29 is 19.2 Å². The summed E-state index contributed by atoms with van der Waals surface area (Å²) in [6, 6.07) is 11.5. The molecule has 30 heavy (non-hydrogen) atoms. The number of nitrogens with one attached hydrogen (secondary N) is 1. The molecule has 3 aliphatic rings. The summed E-state index contributed by atoms with van der Waals surface area (Å²) in [5, 5.41) is 15.4. The smallest absolute Gasteiger partial charge is 0.250 e. The average molecular weight is 409 g/mol. The molecule has 2 aromatic carbocycles. The number of hydrogen-bond acceptors (Lipinski definition) is 6. The van der Waals surface area contributed by atoms with Gasteiger partial charge in [-0.1, -0.05) is 18.2 Å². The molecule has 8 heteroatoms. The number of amides is 1. The Morgan fingerprint density at radius 3 is 2.73 bits per heavy atom. The quantitative estimate of drug-likeness (QED) is 0.617. The van der Waals surface area contributed by atoms with Crippen molar-refractivity contribution in [2.24, 2.45) is 0 Å². The Morgan fingerprint density at radius 2 is 2.00 bits per heavy atom. The van der Waals surface area contributed by atoms with E-state index in [0.717, 1.165) is 12.0 Å². The normalized spacial score (nSPS) is 29.5. The van der Waals surface area contributed by atoms with Crippen LogP contribution in [0.25, 0.3) is 0 Å². The summed E-state index contributed by atoms with van der Waals surface area (Å²) in [7, 11) is 3.09. The van der Waals surface area contributed by atoms with Crippen LogP contribution in [0.2, 0.25) is 0 Å². The molecule has 0 radical (unpaired) electrons. The third-order valence-corrected chi connectivity index (χ3v) is 6.89. The maximum Gasteiger partial charge on any atom is 0.250 e. The fraction of sp³-hybridized carbons (Fsp3) is 0.409. The van der Waals surface area contributed by atoms with Crippen LogP contribution in [0.15, 0.2) is 42.5 Å². The van der Waals surface area contributed by atoms with E-state index in [1.807, 2.05) is 24.3 Å². The van der Waals surface area contributed by atoms with Crippen molar-refractivity contribution in [2.75, 3.05) is 26.1 Å². The molecule has 1 spiro atoms. The molecule has 1 amide bonds. The van der Waals surface area contributed by atoms with E-state index in [-0.39, 0.29) is 16.9 Å². The number of fused-ring (bicyclic) bond motifs is 4. The van der Waals surface area contributed by atoms with E-state index in [0.29, 0.717) is 35.7 Å². The van der Waals surface area contributed by atoms with Gasteiger partial charge in [-0.05, 0) is 37.1 Å². The summed E-state index contributed by atoms with van der Waals surface area (Å²) in [5.74, 6) is 0.161. The lowest BCUT2D eigenvalue weighted by molar-refractivity contribution is -0.527. The number of hydrogen-bond donors (Lipinski definition) is 1. The molecule has 8 nitrogen and oxygen atoms in total. The zero-order chi connectivity index (χ0) is 21.0. The van der Waals surface area contributed by atoms with E-state index in [2.05, 4.69) is 10.2 Å². The van der Waals surface area contributed by atoms with Crippen molar-refractivity contribution in [1.29, 1.82) is 0 Å². The summed E-state index contributed by atoms with van der Waals surface area (Å²) < 4.78 is 11.0. The van der Waals surface area contributed by atoms with Gasteiger partial charge >= 0.3 is 0 Å². The summed E-state index contributed by atoms with van der Waals surface area (Å²) in [6.45, 7) is 0.638. The zero-order valence-corrected chi connectivity index (χ0v) is 16.8. The maximum atomic E-state index is 13.7. The number of ether oxygens (including phenoxy) is 2. The number of carbonyl (C=O) groups is 1. The summed E-state index contributed by atoms with van der Waals surface area (Å²) in [6.07, 6.45) is 1.51. The number of nitrogens with zero attached hydrogens (tertiary/aromatic N) is 2. The Morgan fingerprint density at radius 1 is 1.20 bits per heavy atom. The molecule has 3 aliphatic heterocycles. The van der Waals surface area contributed by atoms with Crippen molar-refractivity contribution in [2.45, 2.75) is 36.4 Å². The minimum atomic E-state index is -1.16. The number of anilines is 1. The topological polar surface area (TPSA) is 93.9 Å². The first-order valence-electron chi connectivity index (χ1n) is 10.1. The fourth-order valence-corrected chi connectivity index (χ4v) is 5.85. The van der Waals surface area contributed by atoms with Crippen molar-refractivity contribution >= 4 is 11.6 Å². The van der Waals surface area contributed by atoms with Crippen LogP contribution in [0.3, 0.4) is 0 Å². The minimum absolute atomic E-state index is 0.213. The summed E-state index contributed by atoms with van der Waals surface area (Å²) in [5.41, 5.74) is 0.972. The Labute approximate surface area is 173 Å². The molecule has 2 aromatic rings. The lowest BCUT2D eigenvalue weighted by Crippen LogP contribution is -2.50. The highest BCUT2D eigenvalue weighted by Gasteiger charge is 2.72. The van der Waals surface area contributed by atoms with E-state index >= 15 is 0 Å². The standard InChI is InChI=1S/C22H23N3O5/c1-29-13-9-10-18(30-2)14(12-13)19-20(25(27)28)17-8-5-11-24(17)22(19)15-6-3-4-7-16(15)23-21(22)26/h3-4,6-7,9-10,12,17,19-20H,5,8,11H2,1-2H3,(H,23,26)/t17-,19-,20+,22+/m0/s1. The fourth-order valence-electron chi connectivity index (χ4n) is 5.85. The number of para-hydroxylation sites is 1. The van der Waals surface area contributed by atoms with Gasteiger partial charge in [0.05, 0.1) is 26.2 Å². The van der Waals surface area contributed by atoms with Crippen LogP contribution in [-0.2, 0) is 10.3 Å². The van der Waals surface area contributed by atoms with Crippen LogP contribution in [0.1, 0.15) is 29.9 Å². The van der Waals surface area contributed by atoms with E-state index in [1.54, 1.807) is 25.3 Å². The van der Waals surface area contributed by atoms with Gasteiger partial charge < -0.3 is 14.8 Å². The van der Waals surface area contributed by atoms with Gasteiger partial charge in [0.2, 0.25) is 6.04 Å². The molecule has 0 bridgehead atoms. The van der Waals surface area contributed by atoms with Gasteiger partial charge in [0.15, 0.2) is 0 Å². The lowest BCUT2D eigenvalue weighted by atomic mass is 9.73. The molecule has 3 heterocycles. The first kappa shape index (κ1) is 18.9. The second kappa shape index (κ2) is 6.70. The monoisotopic (exact) mass is 409 g/mol. The van der Waals surface area contributed by atoms with Gasteiger partial charge in [0.1, 0.15) is 17.0 Å². The summed E-state index contributed by atoms with van der Waals surface area (Å²) >= 11 is 0. The average Bonchev–Trinajstić information content (AvgIpc) is 3.40. The van der Waals surface area contributed by atoms with E-state index in [9.17, 15) is 14.9 Å². The Bertz CT molecular complexity index is 1040. The van der Waals surface area contributed by atoms with Gasteiger partial charge in [-0.2, -0.15) is 0 Å². The van der Waals surface area contributed by atoms with Crippen LogP contribution in [0, 0.1) is 10.1 Å². The highest BCUT2D eigenvalue weighted by Crippen LogP contribution is 2.60. The molecule has 0 unspecified atom stereocenters. The Hall–Kier alpha value is -3.13. The van der Waals surface area contributed by atoms with E-state index < -0.39 is 17.5 Å². The van der Waals surface area contributed by atoms with E-state index in [4.69, 9.17) is 9.47 Å². The van der Waals surface area contributed by atoms with Crippen molar-refractivity contribution in [3.8, 4) is 11.5 Å². The van der Waals surface area contributed by atoms with Crippen LogP contribution >= 0.6 is 0 Å². The predicted octanol–water partition coefficient (Wildman–Crippen LogP) is 2.76. The van der Waals surface area contributed by atoms with Crippen molar-refractivity contribution in [3.05, 3.63) is 63.7 Å². The molecule has 4 atom stereocenters. The van der Waals surface area contributed by atoms with Crippen molar-refractivity contribution in [3.63, 3.8) is 0 Å². The molecule has 0 saturated carbocycles. The van der Waals surface area contributed by atoms with Gasteiger partial charge in [-0.3, -0.25) is 19.8 Å². The molecule has 1 N–H and O–H groups in total. The maximum absolute atomic E-state index is 13.7. The number of carbonyl (C=O) groups excluding carboxylic acids is 1.